The average molecular weight is 467 g/mol. The van der Waals surface area contributed by atoms with Gasteiger partial charge in [-0.2, -0.15) is 5.10 Å². The zero-order valence-corrected chi connectivity index (χ0v) is 20.2. The molecule has 0 aliphatic carbocycles. The highest BCUT2D eigenvalue weighted by molar-refractivity contribution is 5.77. The smallest absolute Gasteiger partial charge is 0.307 e. The first kappa shape index (κ1) is 25.3. The lowest BCUT2D eigenvalue weighted by atomic mass is 10.0. The molecule has 3 rings (SSSR count). The van der Waals surface area contributed by atoms with Crippen LogP contribution in [0.2, 0.25) is 0 Å². The van der Waals surface area contributed by atoms with Gasteiger partial charge >= 0.3 is 5.97 Å². The van der Waals surface area contributed by atoms with Crippen LogP contribution < -0.4 is 9.47 Å². The number of para-hydroxylation sites is 1. The molecule has 0 saturated carbocycles. The fourth-order valence-corrected chi connectivity index (χ4v) is 3.71. The number of carbonyl (C=O) groups is 1. The van der Waals surface area contributed by atoms with Gasteiger partial charge < -0.3 is 19.7 Å². The minimum absolute atomic E-state index is 0.0858. The van der Waals surface area contributed by atoms with Gasteiger partial charge in [0.2, 0.25) is 0 Å². The third-order valence-electron chi connectivity index (χ3n) is 5.53. The zero-order chi connectivity index (χ0) is 24.5. The molecule has 0 amide bonds. The summed E-state index contributed by atoms with van der Waals surface area (Å²) in [6.45, 7) is 7.39. The summed E-state index contributed by atoms with van der Waals surface area (Å²) in [5, 5.41) is 24.5. The van der Waals surface area contributed by atoms with Crippen molar-refractivity contribution in [3.63, 3.8) is 0 Å². The molecule has 0 aliphatic heterocycles. The number of aliphatic carboxylic acids is 1. The van der Waals surface area contributed by atoms with Crippen molar-refractivity contribution in [1.29, 1.82) is 0 Å². The lowest BCUT2D eigenvalue weighted by Crippen LogP contribution is -2.16. The first-order chi connectivity index (χ1) is 16.5. The maximum Gasteiger partial charge on any atom is 0.307 e. The van der Waals surface area contributed by atoms with Gasteiger partial charge in [-0.1, -0.05) is 38.5 Å². The Morgan fingerprint density at radius 3 is 2.50 bits per heavy atom. The van der Waals surface area contributed by atoms with E-state index < -0.39 is 12.1 Å². The van der Waals surface area contributed by atoms with Crippen molar-refractivity contribution in [3.05, 3.63) is 54.1 Å². The van der Waals surface area contributed by atoms with Crippen molar-refractivity contribution < 1.29 is 24.5 Å². The van der Waals surface area contributed by atoms with Crippen molar-refractivity contribution in [1.82, 2.24) is 9.78 Å². The van der Waals surface area contributed by atoms with Crippen molar-refractivity contribution in [2.75, 3.05) is 13.2 Å². The van der Waals surface area contributed by atoms with Crippen molar-refractivity contribution in [2.24, 2.45) is 0 Å². The summed E-state index contributed by atoms with van der Waals surface area (Å²) in [5.74, 6) is 0.504. The molecule has 0 radical (unpaired) electrons. The lowest BCUT2D eigenvalue weighted by Gasteiger charge is -2.14. The molecule has 0 unspecified atom stereocenters. The van der Waals surface area contributed by atoms with E-state index in [1.807, 2.05) is 56.3 Å². The molecule has 0 fully saturated rings. The number of carboxylic acid groups (broad SMARTS) is 1. The molecule has 0 bridgehead atoms. The predicted octanol–water partition coefficient (Wildman–Crippen LogP) is 5.19. The first-order valence-electron chi connectivity index (χ1n) is 11.9. The second-order valence-corrected chi connectivity index (χ2v) is 8.19. The zero-order valence-electron chi connectivity index (χ0n) is 20.2. The summed E-state index contributed by atoms with van der Waals surface area (Å²) < 4.78 is 13.7. The van der Waals surface area contributed by atoms with E-state index in [9.17, 15) is 15.0 Å². The summed E-state index contributed by atoms with van der Waals surface area (Å²) in [6, 6.07) is 15.1. The van der Waals surface area contributed by atoms with E-state index >= 15 is 0 Å². The number of carboxylic acids is 1. The third kappa shape index (κ3) is 6.38. The van der Waals surface area contributed by atoms with E-state index in [0.29, 0.717) is 43.2 Å². The van der Waals surface area contributed by atoms with Crippen molar-refractivity contribution in [2.45, 2.75) is 59.1 Å². The Kier molecular flexibility index (Phi) is 9.10. The van der Waals surface area contributed by atoms with Crippen LogP contribution in [-0.2, 0) is 17.8 Å². The molecule has 1 aromatic heterocycles. The Morgan fingerprint density at radius 1 is 1.03 bits per heavy atom. The molecule has 0 saturated heterocycles. The molecular weight excluding hydrogens is 432 g/mol. The Hall–Kier alpha value is -3.32. The summed E-state index contributed by atoms with van der Waals surface area (Å²) in [4.78, 5) is 11.3. The van der Waals surface area contributed by atoms with Crippen molar-refractivity contribution >= 4 is 5.97 Å². The molecule has 7 heteroatoms. The number of aromatic nitrogens is 2. The van der Waals surface area contributed by atoms with E-state index in [1.165, 1.54) is 0 Å². The minimum atomic E-state index is -0.895. The second kappa shape index (κ2) is 12.2. The van der Waals surface area contributed by atoms with E-state index in [0.717, 1.165) is 35.4 Å². The molecule has 0 aliphatic rings. The van der Waals surface area contributed by atoms with Crippen LogP contribution in [0.15, 0.2) is 48.5 Å². The van der Waals surface area contributed by atoms with Gasteiger partial charge in [-0.3, -0.25) is 9.48 Å². The van der Waals surface area contributed by atoms with E-state index in [4.69, 9.17) is 14.6 Å². The molecule has 34 heavy (non-hydrogen) atoms. The van der Waals surface area contributed by atoms with E-state index in [2.05, 4.69) is 6.92 Å². The first-order valence-corrected chi connectivity index (χ1v) is 11.9. The molecule has 1 heterocycles. The molecule has 0 spiro atoms. The Bertz CT molecular complexity index is 1090. The van der Waals surface area contributed by atoms with Gasteiger partial charge in [-0.25, -0.2) is 0 Å². The molecule has 182 valence electrons. The third-order valence-corrected chi connectivity index (χ3v) is 5.53. The number of ether oxygens (including phenoxy) is 2. The van der Waals surface area contributed by atoms with E-state index in [1.54, 1.807) is 10.7 Å². The predicted molar refractivity (Wildman–Crippen MR) is 132 cm³/mol. The van der Waals surface area contributed by atoms with Gasteiger partial charge in [0.1, 0.15) is 11.5 Å². The van der Waals surface area contributed by atoms with Crippen LogP contribution in [0.1, 0.15) is 45.6 Å². The molecule has 3 aromatic rings. The standard InChI is InChI=1S/C27H34N2O5/c1-4-7-14-34-26-13-12-19(16-27(31)32)15-22(26)23-17-24(29(28-23)18-20(30)5-2)21-10-8-9-11-25(21)33-6-3/h8-13,15,17,20,30H,4-7,14,16,18H2,1-3H3,(H,31,32)/t20-/m1/s1. The average Bonchev–Trinajstić information content (AvgIpc) is 3.23. The Balaban J connectivity index is 2.13. The van der Waals surface area contributed by atoms with Gasteiger partial charge in [0.15, 0.2) is 0 Å². The number of rotatable bonds is 13. The fourth-order valence-electron chi connectivity index (χ4n) is 3.71. The summed E-state index contributed by atoms with van der Waals surface area (Å²) in [5.41, 5.74) is 3.75. The van der Waals surface area contributed by atoms with Crippen LogP contribution in [0.4, 0.5) is 0 Å². The molecule has 1 atom stereocenters. The van der Waals surface area contributed by atoms with Crippen LogP contribution in [0.25, 0.3) is 22.5 Å². The molecule has 2 aromatic carbocycles. The van der Waals surface area contributed by atoms with Gasteiger partial charge in [0.25, 0.3) is 0 Å². The minimum Gasteiger partial charge on any atom is -0.493 e. The van der Waals surface area contributed by atoms with Gasteiger partial charge in [-0.05, 0) is 55.7 Å². The monoisotopic (exact) mass is 466 g/mol. The topological polar surface area (TPSA) is 93.8 Å². The number of aliphatic hydroxyl groups is 1. The second-order valence-electron chi connectivity index (χ2n) is 8.19. The van der Waals surface area contributed by atoms with Crippen LogP contribution >= 0.6 is 0 Å². The van der Waals surface area contributed by atoms with E-state index in [-0.39, 0.29) is 6.42 Å². The van der Waals surface area contributed by atoms with Crippen LogP contribution in [0.3, 0.4) is 0 Å². The number of hydrogen-bond acceptors (Lipinski definition) is 5. The van der Waals surface area contributed by atoms with Gasteiger partial charge in [-0.15, -0.1) is 0 Å². The number of unbranched alkanes of at least 4 members (excludes halogenated alkanes) is 1. The highest BCUT2D eigenvalue weighted by atomic mass is 16.5. The lowest BCUT2D eigenvalue weighted by molar-refractivity contribution is -0.136. The number of hydrogen-bond donors (Lipinski definition) is 2. The fraction of sp³-hybridized carbons (Fsp3) is 0.407. The quantitative estimate of drug-likeness (QED) is 0.337. The van der Waals surface area contributed by atoms with Crippen LogP contribution in [0.5, 0.6) is 11.5 Å². The van der Waals surface area contributed by atoms with Gasteiger partial charge in [0, 0.05) is 11.1 Å². The molecule has 7 nitrogen and oxygen atoms in total. The van der Waals surface area contributed by atoms with Crippen molar-refractivity contribution in [3.8, 4) is 34.0 Å². The summed E-state index contributed by atoms with van der Waals surface area (Å²) in [7, 11) is 0. The summed E-state index contributed by atoms with van der Waals surface area (Å²) in [6.07, 6.45) is 1.89. The van der Waals surface area contributed by atoms with Crippen LogP contribution in [0, 0.1) is 0 Å². The number of aliphatic hydroxyl groups excluding tert-OH is 1. The highest BCUT2D eigenvalue weighted by Gasteiger charge is 2.19. The largest absolute Gasteiger partial charge is 0.493 e. The highest BCUT2D eigenvalue weighted by Crippen LogP contribution is 2.36. The maximum absolute atomic E-state index is 11.3. The Morgan fingerprint density at radius 2 is 1.79 bits per heavy atom. The number of nitrogens with zero attached hydrogens (tertiary/aromatic N) is 2. The molecular formula is C27H34N2O5. The number of benzene rings is 2. The normalized spacial score (nSPS) is 11.9. The van der Waals surface area contributed by atoms with Crippen LogP contribution in [-0.4, -0.2) is 45.3 Å². The summed E-state index contributed by atoms with van der Waals surface area (Å²) >= 11 is 0. The SMILES string of the molecule is CCCCOc1ccc(CC(=O)O)cc1-c1cc(-c2ccccc2OCC)n(C[C@H](O)CC)n1. The maximum atomic E-state index is 11.3. The van der Waals surface area contributed by atoms with Gasteiger partial charge in [0.05, 0.1) is 43.7 Å². The molecule has 2 N–H and O–H groups in total. The Labute approximate surface area is 201 Å².